The molecule has 5 nitrogen and oxygen atoms in total. The summed E-state index contributed by atoms with van der Waals surface area (Å²) in [5.74, 6) is 1.25. The monoisotopic (exact) mass is 534 g/mol. The number of amides is 1. The predicted octanol–water partition coefficient (Wildman–Crippen LogP) is 7.11. The summed E-state index contributed by atoms with van der Waals surface area (Å²) in [5, 5.41) is 0.626. The van der Waals surface area contributed by atoms with Crippen LogP contribution in [0.15, 0.2) is 75.0 Å². The number of carbonyl (C=O) groups is 1. The molecule has 0 saturated carbocycles. The topological polar surface area (TPSA) is 51.1 Å². The molecule has 0 radical (unpaired) electrons. The van der Waals surface area contributed by atoms with Gasteiger partial charge in [0.05, 0.1) is 16.3 Å². The van der Waals surface area contributed by atoms with Gasteiger partial charge in [-0.1, -0.05) is 54.0 Å². The van der Waals surface area contributed by atoms with Crippen LogP contribution in [-0.4, -0.2) is 17.9 Å². The number of aliphatic imine (C=N–C) groups is 1. The Hall–Kier alpha value is -3.03. The standard InChI is InChI=1S/C27H23BrN2O3S/c1-3-17-5-9-20(10-6-17)29-27-30(21-11-7-18(4-2)8-12-21)26(31)25(34-27)14-19-13-23-24(15-22(19)28)33-16-32-23/h5-15H,3-4,16H2,1-2H3. The fraction of sp³-hybridized carbons (Fsp3) is 0.185. The number of nitrogens with zero attached hydrogens (tertiary/aromatic N) is 2. The lowest BCUT2D eigenvalue weighted by molar-refractivity contribution is -0.113. The van der Waals surface area contributed by atoms with Gasteiger partial charge in [-0.05, 0) is 83.8 Å². The summed E-state index contributed by atoms with van der Waals surface area (Å²) in [4.78, 5) is 20.7. The minimum absolute atomic E-state index is 0.109. The third kappa shape index (κ3) is 4.50. The lowest BCUT2D eigenvalue weighted by atomic mass is 10.1. The molecule has 1 saturated heterocycles. The summed E-state index contributed by atoms with van der Waals surface area (Å²) < 4.78 is 11.8. The predicted molar refractivity (Wildman–Crippen MR) is 142 cm³/mol. The van der Waals surface area contributed by atoms with Gasteiger partial charge >= 0.3 is 0 Å². The van der Waals surface area contributed by atoms with Crippen LogP contribution in [0, 0.1) is 0 Å². The fourth-order valence-electron chi connectivity index (χ4n) is 3.76. The maximum atomic E-state index is 13.6. The molecule has 0 N–H and O–H groups in total. The number of benzene rings is 3. The summed E-state index contributed by atoms with van der Waals surface area (Å²) in [6.07, 6.45) is 3.78. The quantitative estimate of drug-likeness (QED) is 0.327. The van der Waals surface area contributed by atoms with E-state index in [0.29, 0.717) is 21.6 Å². The van der Waals surface area contributed by atoms with Gasteiger partial charge in [0.15, 0.2) is 16.7 Å². The number of thioether (sulfide) groups is 1. The zero-order chi connectivity index (χ0) is 23.7. The molecule has 1 fully saturated rings. The van der Waals surface area contributed by atoms with Crippen LogP contribution in [0.4, 0.5) is 11.4 Å². The van der Waals surface area contributed by atoms with E-state index in [1.165, 1.54) is 22.9 Å². The van der Waals surface area contributed by atoms with Gasteiger partial charge in [0.25, 0.3) is 5.91 Å². The van der Waals surface area contributed by atoms with Crippen molar-refractivity contribution in [1.82, 2.24) is 0 Å². The molecule has 1 amide bonds. The summed E-state index contributed by atoms with van der Waals surface area (Å²) >= 11 is 4.96. The third-order valence-corrected chi connectivity index (χ3v) is 7.41. The van der Waals surface area contributed by atoms with E-state index in [1.807, 2.05) is 42.5 Å². The van der Waals surface area contributed by atoms with E-state index >= 15 is 0 Å². The summed E-state index contributed by atoms with van der Waals surface area (Å²) in [5.41, 5.74) is 4.92. The highest BCUT2D eigenvalue weighted by molar-refractivity contribution is 9.10. The van der Waals surface area contributed by atoms with E-state index in [-0.39, 0.29) is 12.7 Å². The molecule has 0 spiro atoms. The highest BCUT2D eigenvalue weighted by Crippen LogP contribution is 2.41. The Morgan fingerprint density at radius 3 is 2.24 bits per heavy atom. The molecule has 3 aromatic carbocycles. The van der Waals surface area contributed by atoms with Gasteiger partial charge in [0.1, 0.15) is 0 Å². The molecule has 3 aromatic rings. The summed E-state index contributed by atoms with van der Waals surface area (Å²) in [7, 11) is 0. The zero-order valence-corrected chi connectivity index (χ0v) is 21.3. The van der Waals surface area contributed by atoms with Gasteiger partial charge in [-0.25, -0.2) is 4.99 Å². The number of anilines is 1. The van der Waals surface area contributed by atoms with Crippen LogP contribution in [0.3, 0.4) is 0 Å². The Labute approximate surface area is 211 Å². The lowest BCUT2D eigenvalue weighted by Gasteiger charge is -2.16. The van der Waals surface area contributed by atoms with Crippen LogP contribution in [0.25, 0.3) is 6.08 Å². The van der Waals surface area contributed by atoms with Crippen molar-refractivity contribution >= 4 is 56.2 Å². The second-order valence-corrected chi connectivity index (χ2v) is 9.78. The smallest absolute Gasteiger partial charge is 0.271 e. The molecule has 2 aliphatic heterocycles. The van der Waals surface area contributed by atoms with Crippen molar-refractivity contribution in [3.63, 3.8) is 0 Å². The first-order chi connectivity index (χ1) is 16.6. The van der Waals surface area contributed by atoms with Gasteiger partial charge < -0.3 is 9.47 Å². The molecule has 0 unspecified atom stereocenters. The number of fused-ring (bicyclic) bond motifs is 1. The molecule has 172 valence electrons. The SMILES string of the molecule is CCc1ccc(N=C2SC(=Cc3cc4c(cc3Br)OCO4)C(=O)N2c2ccc(CC)cc2)cc1. The number of ether oxygens (including phenoxy) is 2. The average Bonchev–Trinajstić information content (AvgIpc) is 3.43. The minimum atomic E-state index is -0.109. The Morgan fingerprint density at radius 1 is 0.971 bits per heavy atom. The van der Waals surface area contributed by atoms with Crippen LogP contribution in [0.1, 0.15) is 30.5 Å². The number of rotatable bonds is 5. The van der Waals surface area contributed by atoms with Crippen molar-refractivity contribution in [2.45, 2.75) is 26.7 Å². The van der Waals surface area contributed by atoms with E-state index in [1.54, 1.807) is 4.90 Å². The number of amidine groups is 1. The Bertz CT molecular complexity index is 1300. The Kier molecular flexibility index (Phi) is 6.48. The Morgan fingerprint density at radius 2 is 1.59 bits per heavy atom. The number of halogens is 1. The van der Waals surface area contributed by atoms with Crippen LogP contribution >= 0.6 is 27.7 Å². The molecule has 0 atom stereocenters. The number of hydrogen-bond acceptors (Lipinski definition) is 5. The van der Waals surface area contributed by atoms with Gasteiger partial charge in [-0.2, -0.15) is 0 Å². The molecule has 7 heteroatoms. The van der Waals surface area contributed by atoms with Crippen molar-refractivity contribution < 1.29 is 14.3 Å². The van der Waals surface area contributed by atoms with E-state index in [9.17, 15) is 4.79 Å². The van der Waals surface area contributed by atoms with Crippen LogP contribution in [-0.2, 0) is 17.6 Å². The van der Waals surface area contributed by atoms with Crippen LogP contribution < -0.4 is 14.4 Å². The molecule has 0 aromatic heterocycles. The van der Waals surface area contributed by atoms with E-state index in [4.69, 9.17) is 14.5 Å². The van der Waals surface area contributed by atoms with Crippen molar-refractivity contribution in [1.29, 1.82) is 0 Å². The van der Waals surface area contributed by atoms with Gasteiger partial charge in [0, 0.05) is 4.47 Å². The van der Waals surface area contributed by atoms with Crippen molar-refractivity contribution in [2.24, 2.45) is 4.99 Å². The molecule has 2 heterocycles. The normalized spacial score (nSPS) is 17.3. The molecular formula is C27H23BrN2O3S. The van der Waals surface area contributed by atoms with Crippen LogP contribution in [0.2, 0.25) is 0 Å². The van der Waals surface area contributed by atoms with Gasteiger partial charge in [-0.15, -0.1) is 0 Å². The molecule has 0 aliphatic carbocycles. The second-order valence-electron chi connectivity index (χ2n) is 7.91. The van der Waals surface area contributed by atoms with Gasteiger partial charge in [0.2, 0.25) is 6.79 Å². The van der Waals surface area contributed by atoms with E-state index in [2.05, 4.69) is 54.0 Å². The highest BCUT2D eigenvalue weighted by Gasteiger charge is 2.35. The fourth-order valence-corrected chi connectivity index (χ4v) is 5.19. The first kappa shape index (κ1) is 22.7. The maximum Gasteiger partial charge on any atom is 0.271 e. The highest BCUT2D eigenvalue weighted by atomic mass is 79.9. The molecule has 34 heavy (non-hydrogen) atoms. The lowest BCUT2D eigenvalue weighted by Crippen LogP contribution is -2.28. The number of hydrogen-bond donors (Lipinski definition) is 0. The average molecular weight is 535 g/mol. The third-order valence-electron chi connectivity index (χ3n) is 5.76. The van der Waals surface area contributed by atoms with E-state index < -0.39 is 0 Å². The maximum absolute atomic E-state index is 13.6. The number of carbonyl (C=O) groups excluding carboxylic acids is 1. The summed E-state index contributed by atoms with van der Waals surface area (Å²) in [6, 6.07) is 19.9. The van der Waals surface area contributed by atoms with E-state index in [0.717, 1.165) is 34.3 Å². The number of aryl methyl sites for hydroxylation is 2. The zero-order valence-electron chi connectivity index (χ0n) is 18.9. The Balaban J connectivity index is 1.55. The molecule has 2 aliphatic rings. The summed E-state index contributed by atoms with van der Waals surface area (Å²) in [6.45, 7) is 4.44. The minimum Gasteiger partial charge on any atom is -0.454 e. The van der Waals surface area contributed by atoms with Gasteiger partial charge in [-0.3, -0.25) is 9.69 Å². The second kappa shape index (κ2) is 9.68. The van der Waals surface area contributed by atoms with Crippen molar-refractivity contribution in [3.8, 4) is 11.5 Å². The first-order valence-corrected chi connectivity index (χ1v) is 12.8. The molecular weight excluding hydrogens is 512 g/mol. The largest absolute Gasteiger partial charge is 0.454 e. The first-order valence-electron chi connectivity index (χ1n) is 11.2. The van der Waals surface area contributed by atoms with Crippen LogP contribution in [0.5, 0.6) is 11.5 Å². The van der Waals surface area contributed by atoms with Crippen molar-refractivity contribution in [2.75, 3.05) is 11.7 Å². The molecule has 0 bridgehead atoms. The van der Waals surface area contributed by atoms with Crippen molar-refractivity contribution in [3.05, 3.63) is 86.7 Å². The molecule has 5 rings (SSSR count).